The van der Waals surface area contributed by atoms with Crippen molar-refractivity contribution in [2.45, 2.75) is 32.4 Å². The van der Waals surface area contributed by atoms with Crippen LogP contribution >= 0.6 is 11.6 Å². The number of piperazine rings is 1. The highest BCUT2D eigenvalue weighted by Gasteiger charge is 2.36. The average molecular weight is 617 g/mol. The van der Waals surface area contributed by atoms with Gasteiger partial charge in [0.1, 0.15) is 30.3 Å². The highest BCUT2D eigenvalue weighted by atomic mass is 35.5. The number of carbonyl (C=O) groups excluding carboxylic acids is 2. The number of rotatable bonds is 7. The third kappa shape index (κ3) is 6.55. The van der Waals surface area contributed by atoms with Gasteiger partial charge in [0.25, 0.3) is 0 Å². The number of aryl methyl sites for hydroxylation is 1. The molecule has 0 saturated carbocycles. The molecule has 2 aliphatic rings. The number of hydrogen-bond acceptors (Lipinski definition) is 6. The average Bonchev–Trinajstić information content (AvgIpc) is 3.39. The van der Waals surface area contributed by atoms with E-state index in [-0.39, 0.29) is 12.5 Å². The Bertz CT molecular complexity index is 1630. The molecule has 2 N–H and O–H groups in total. The molecule has 1 aromatic heterocycles. The number of aromatic nitrogens is 1. The number of aromatic amines is 1. The van der Waals surface area contributed by atoms with E-state index in [4.69, 9.17) is 21.1 Å². The molecule has 44 heavy (non-hydrogen) atoms. The highest BCUT2D eigenvalue weighted by molar-refractivity contribution is 6.31. The van der Waals surface area contributed by atoms with E-state index in [1.54, 1.807) is 24.0 Å². The number of aliphatic hydroxyl groups excluding tert-OH is 1. The van der Waals surface area contributed by atoms with Crippen molar-refractivity contribution in [3.8, 4) is 11.5 Å². The van der Waals surface area contributed by atoms with Crippen molar-refractivity contribution >= 4 is 34.5 Å². The van der Waals surface area contributed by atoms with E-state index in [1.807, 2.05) is 66.4 Å². The Morgan fingerprint density at radius 3 is 2.39 bits per heavy atom. The second kappa shape index (κ2) is 12.9. The van der Waals surface area contributed by atoms with Gasteiger partial charge in [-0.15, -0.1) is 0 Å². The van der Waals surface area contributed by atoms with Crippen LogP contribution in [0.4, 0.5) is 4.79 Å². The van der Waals surface area contributed by atoms with E-state index >= 15 is 0 Å². The number of fused-ring (bicyclic) bond motifs is 3. The Hall–Kier alpha value is -4.05. The predicted molar refractivity (Wildman–Crippen MR) is 169 cm³/mol. The maximum atomic E-state index is 13.6. The number of benzene rings is 3. The molecule has 3 heterocycles. The Morgan fingerprint density at radius 2 is 1.68 bits per heavy atom. The number of halogens is 1. The van der Waals surface area contributed by atoms with E-state index in [2.05, 4.69) is 9.88 Å². The zero-order chi connectivity index (χ0) is 30.8. The molecule has 230 valence electrons. The number of carbonyl (C=O) groups is 2. The van der Waals surface area contributed by atoms with Crippen LogP contribution in [0.3, 0.4) is 0 Å². The fourth-order valence-corrected chi connectivity index (χ4v) is 6.28. The van der Waals surface area contributed by atoms with Crippen LogP contribution in [0.15, 0.2) is 66.7 Å². The number of ether oxygens (including phenoxy) is 2. The first-order valence-electron chi connectivity index (χ1n) is 15.0. The highest BCUT2D eigenvalue weighted by Crippen LogP contribution is 2.40. The topological polar surface area (TPSA) is 98.3 Å². The van der Waals surface area contributed by atoms with Gasteiger partial charge in [-0.1, -0.05) is 41.4 Å². The summed E-state index contributed by atoms with van der Waals surface area (Å²) < 4.78 is 11.7. The van der Waals surface area contributed by atoms with E-state index < -0.39 is 18.2 Å². The van der Waals surface area contributed by atoms with Gasteiger partial charge in [0, 0.05) is 67.8 Å². The van der Waals surface area contributed by atoms with Gasteiger partial charge in [-0.2, -0.15) is 0 Å². The van der Waals surface area contributed by atoms with Crippen molar-refractivity contribution in [1.82, 2.24) is 19.7 Å². The maximum Gasteiger partial charge on any atom is 0.416 e. The monoisotopic (exact) mass is 616 g/mol. The number of hydrogen-bond donors (Lipinski definition) is 2. The molecule has 9 nitrogen and oxygen atoms in total. The molecule has 2 amide bonds. The summed E-state index contributed by atoms with van der Waals surface area (Å²) in [4.78, 5) is 34.4. The summed E-state index contributed by atoms with van der Waals surface area (Å²) in [6.07, 6.45) is -0.420. The van der Waals surface area contributed by atoms with Crippen LogP contribution in [-0.4, -0.2) is 88.8 Å². The zero-order valence-electron chi connectivity index (χ0n) is 25.0. The molecule has 2 aliphatic heterocycles. The second-order valence-electron chi connectivity index (χ2n) is 11.6. The lowest BCUT2D eigenvalue weighted by Crippen LogP contribution is -2.50. The van der Waals surface area contributed by atoms with Crippen molar-refractivity contribution < 1.29 is 24.2 Å². The minimum Gasteiger partial charge on any atom is -0.491 e. The summed E-state index contributed by atoms with van der Waals surface area (Å²) in [7, 11) is 0. The van der Waals surface area contributed by atoms with Crippen molar-refractivity contribution in [1.29, 1.82) is 0 Å². The first-order valence-corrected chi connectivity index (χ1v) is 15.4. The number of aliphatic hydroxyl groups is 1. The molecule has 10 heteroatoms. The molecule has 1 fully saturated rings. The Labute approximate surface area is 261 Å². The van der Waals surface area contributed by atoms with Gasteiger partial charge in [-0.05, 0) is 66.9 Å². The van der Waals surface area contributed by atoms with Crippen LogP contribution < -0.4 is 9.47 Å². The Kier molecular flexibility index (Phi) is 8.79. The zero-order valence-corrected chi connectivity index (χ0v) is 25.7. The summed E-state index contributed by atoms with van der Waals surface area (Å²) in [5.41, 5.74) is 5.03. The van der Waals surface area contributed by atoms with Gasteiger partial charge in [-0.3, -0.25) is 14.6 Å². The van der Waals surface area contributed by atoms with E-state index in [0.29, 0.717) is 49.1 Å². The van der Waals surface area contributed by atoms with Crippen molar-refractivity contribution in [2.24, 2.45) is 0 Å². The van der Waals surface area contributed by atoms with Gasteiger partial charge in [-0.25, -0.2) is 4.79 Å². The summed E-state index contributed by atoms with van der Waals surface area (Å²) in [5.74, 6) is 1.21. The molecule has 0 bridgehead atoms. The Balaban J connectivity index is 1.18. The summed E-state index contributed by atoms with van der Waals surface area (Å²) in [5, 5.41) is 12.3. The minimum atomic E-state index is -0.662. The van der Waals surface area contributed by atoms with Crippen LogP contribution in [-0.2, 0) is 11.2 Å². The smallest absolute Gasteiger partial charge is 0.416 e. The molecule has 6 rings (SSSR count). The minimum absolute atomic E-state index is 0.0849. The van der Waals surface area contributed by atoms with Crippen LogP contribution in [0.2, 0.25) is 5.02 Å². The molecular weight excluding hydrogens is 580 g/mol. The lowest BCUT2D eigenvalue weighted by molar-refractivity contribution is -0.130. The van der Waals surface area contributed by atoms with Crippen LogP contribution in [0.1, 0.15) is 35.3 Å². The third-order valence-electron chi connectivity index (χ3n) is 8.47. The van der Waals surface area contributed by atoms with Crippen LogP contribution in [0.25, 0.3) is 10.9 Å². The summed E-state index contributed by atoms with van der Waals surface area (Å²) >= 11 is 6.35. The molecule has 0 spiro atoms. The van der Waals surface area contributed by atoms with E-state index in [0.717, 1.165) is 46.4 Å². The number of amides is 2. The third-order valence-corrected chi connectivity index (χ3v) is 8.71. The number of β-amino-alcohol motifs (C(OH)–C–C–N with tert-alkyl or cyclic N) is 1. The fraction of sp³-hybridized carbons (Fsp3) is 0.353. The molecule has 0 aliphatic carbocycles. The van der Waals surface area contributed by atoms with Crippen molar-refractivity contribution in [3.63, 3.8) is 0 Å². The molecule has 2 unspecified atom stereocenters. The first kappa shape index (κ1) is 30.0. The van der Waals surface area contributed by atoms with Crippen LogP contribution in [0.5, 0.6) is 11.5 Å². The van der Waals surface area contributed by atoms with Gasteiger partial charge >= 0.3 is 6.09 Å². The van der Waals surface area contributed by atoms with Crippen molar-refractivity contribution in [2.75, 3.05) is 45.9 Å². The van der Waals surface area contributed by atoms with Gasteiger partial charge in [0.15, 0.2) is 0 Å². The molecule has 4 aromatic rings. The molecule has 1 saturated heterocycles. The van der Waals surface area contributed by atoms with E-state index in [1.165, 1.54) is 0 Å². The molecule has 3 aromatic carbocycles. The predicted octanol–water partition coefficient (Wildman–Crippen LogP) is 5.18. The van der Waals surface area contributed by atoms with Crippen LogP contribution in [0, 0.1) is 6.92 Å². The molecular formula is C34H37ClN4O5. The normalized spacial score (nSPS) is 17.8. The lowest BCUT2D eigenvalue weighted by atomic mass is 9.92. The standard InChI is InChI=1S/C34H37ClN4O5/c1-22-3-8-28(9-4-22)44-34(42)39-14-13-29-30-19-25(35)7-12-31(30)36-32(29)33(39)24-5-10-27(11-6-24)43-21-26(41)20-37-15-17-38(18-16-37)23(2)40/h3-12,19,26,33,36,41H,13-18,20-21H2,1-2H3. The largest absolute Gasteiger partial charge is 0.491 e. The quantitative estimate of drug-likeness (QED) is 0.297. The molecule has 2 atom stereocenters. The SMILES string of the molecule is CC(=O)N1CCN(CC(O)COc2ccc(C3c4[nH]c5ccc(Cl)cc5c4CCN3C(=O)Oc3ccc(C)cc3)cc2)CC1. The van der Waals surface area contributed by atoms with Gasteiger partial charge in [0.05, 0.1) is 0 Å². The van der Waals surface area contributed by atoms with Crippen molar-refractivity contribution in [3.05, 3.63) is 94.1 Å². The lowest BCUT2D eigenvalue weighted by Gasteiger charge is -2.35. The van der Waals surface area contributed by atoms with E-state index in [9.17, 15) is 14.7 Å². The second-order valence-corrected chi connectivity index (χ2v) is 12.0. The number of nitrogens with zero attached hydrogens (tertiary/aromatic N) is 3. The van der Waals surface area contributed by atoms with Gasteiger partial charge in [0.2, 0.25) is 5.91 Å². The fourth-order valence-electron chi connectivity index (χ4n) is 6.10. The van der Waals surface area contributed by atoms with Gasteiger partial charge < -0.3 is 24.5 Å². The maximum absolute atomic E-state index is 13.6. The number of nitrogens with one attached hydrogen (secondary N) is 1. The Morgan fingerprint density at radius 1 is 0.977 bits per heavy atom. The summed E-state index contributed by atoms with van der Waals surface area (Å²) in [6, 6.07) is 20.5. The molecule has 0 radical (unpaired) electrons. The summed E-state index contributed by atoms with van der Waals surface area (Å²) in [6.45, 7) is 7.50. The first-order chi connectivity index (χ1) is 21.2. The number of H-pyrrole nitrogens is 1.